The number of hydrogen-bond donors (Lipinski definition) is 2. The monoisotopic (exact) mass is 382 g/mol. The first-order valence-corrected chi connectivity index (χ1v) is 9.87. The second-order valence-electron chi connectivity index (χ2n) is 7.54. The van der Waals surface area contributed by atoms with Gasteiger partial charge in [-0.25, -0.2) is 4.98 Å². The minimum atomic E-state index is -0.0517. The Labute approximate surface area is 169 Å². The highest BCUT2D eigenvalue weighted by atomic mass is 16.1. The van der Waals surface area contributed by atoms with Crippen LogP contribution in [0, 0.1) is 0 Å². The quantitative estimate of drug-likeness (QED) is 0.532. The van der Waals surface area contributed by atoms with Crippen LogP contribution >= 0.6 is 0 Å². The minimum Gasteiger partial charge on any atom is -0.361 e. The smallest absolute Gasteiger partial charge is 0.228 e. The van der Waals surface area contributed by atoms with Crippen LogP contribution in [-0.4, -0.2) is 21.9 Å². The summed E-state index contributed by atoms with van der Waals surface area (Å²) < 4.78 is 0. The van der Waals surface area contributed by atoms with Crippen LogP contribution < -0.4 is 10.2 Å². The second-order valence-corrected chi connectivity index (χ2v) is 7.54. The number of amides is 1. The van der Waals surface area contributed by atoms with Gasteiger partial charge in [0.25, 0.3) is 0 Å². The number of anilines is 3. The number of carbonyl (C=O) groups excluding carboxylic acids is 1. The fourth-order valence-electron chi connectivity index (χ4n) is 4.17. The fourth-order valence-corrected chi connectivity index (χ4v) is 4.17. The van der Waals surface area contributed by atoms with Crippen LogP contribution in [0.25, 0.3) is 10.9 Å². The van der Waals surface area contributed by atoms with Crippen LogP contribution in [0.5, 0.6) is 0 Å². The summed E-state index contributed by atoms with van der Waals surface area (Å²) in [6.07, 6.45) is 4.97. The number of H-pyrrole nitrogens is 1. The summed E-state index contributed by atoms with van der Waals surface area (Å²) in [7, 11) is 0. The zero-order valence-corrected chi connectivity index (χ0v) is 16.2. The van der Waals surface area contributed by atoms with Crippen LogP contribution in [0.3, 0.4) is 0 Å². The van der Waals surface area contributed by atoms with Crippen molar-refractivity contribution in [3.05, 3.63) is 84.2 Å². The molecule has 3 heterocycles. The molecule has 2 N–H and O–H groups in total. The minimum absolute atomic E-state index is 0.0517. The summed E-state index contributed by atoms with van der Waals surface area (Å²) in [6, 6.07) is 20.7. The van der Waals surface area contributed by atoms with Crippen LogP contribution in [-0.2, 0) is 17.6 Å². The summed E-state index contributed by atoms with van der Waals surface area (Å²) >= 11 is 0. The first kappa shape index (κ1) is 17.5. The molecular weight excluding hydrogens is 360 g/mol. The topological polar surface area (TPSA) is 61.0 Å². The van der Waals surface area contributed by atoms with Gasteiger partial charge >= 0.3 is 0 Å². The van der Waals surface area contributed by atoms with Crippen molar-refractivity contribution >= 4 is 34.0 Å². The van der Waals surface area contributed by atoms with Gasteiger partial charge in [-0.2, -0.15) is 0 Å². The Morgan fingerprint density at radius 3 is 2.83 bits per heavy atom. The lowest BCUT2D eigenvalue weighted by molar-refractivity contribution is -0.115. The van der Waals surface area contributed by atoms with Gasteiger partial charge < -0.3 is 15.2 Å². The van der Waals surface area contributed by atoms with Crippen molar-refractivity contribution in [1.29, 1.82) is 0 Å². The average molecular weight is 382 g/mol. The van der Waals surface area contributed by atoms with Crippen molar-refractivity contribution in [2.24, 2.45) is 0 Å². The van der Waals surface area contributed by atoms with E-state index in [2.05, 4.69) is 51.4 Å². The van der Waals surface area contributed by atoms with Gasteiger partial charge in [0.2, 0.25) is 5.91 Å². The number of hydrogen-bond acceptors (Lipinski definition) is 3. The lowest BCUT2D eigenvalue weighted by Gasteiger charge is -2.24. The van der Waals surface area contributed by atoms with Gasteiger partial charge in [0, 0.05) is 28.8 Å². The van der Waals surface area contributed by atoms with Crippen LogP contribution in [0.1, 0.15) is 18.1 Å². The highest BCUT2D eigenvalue weighted by Gasteiger charge is 2.27. The highest BCUT2D eigenvalue weighted by molar-refractivity contribution is 5.95. The van der Waals surface area contributed by atoms with Gasteiger partial charge in [-0.1, -0.05) is 36.4 Å². The standard InChI is InChI=1S/C24H22N4O/c1-16-12-17-6-2-5-9-22(17)28(16)23-11-10-19(15-26-23)27-24(29)13-18-14-25-21-8-4-3-7-20(18)21/h2-11,14-16,25H,12-13H2,1H3,(H,27,29). The van der Waals surface area contributed by atoms with Gasteiger partial charge in [-0.15, -0.1) is 0 Å². The van der Waals surface area contributed by atoms with Crippen LogP contribution in [0.15, 0.2) is 73.1 Å². The normalized spacial score (nSPS) is 15.5. The lowest BCUT2D eigenvalue weighted by atomic mass is 10.1. The predicted octanol–water partition coefficient (Wildman–Crippen LogP) is 4.83. The van der Waals surface area contributed by atoms with E-state index in [1.807, 2.05) is 42.6 Å². The molecule has 5 heteroatoms. The Morgan fingerprint density at radius 2 is 1.97 bits per heavy atom. The van der Waals surface area contributed by atoms with E-state index in [1.54, 1.807) is 6.20 Å². The van der Waals surface area contributed by atoms with E-state index < -0.39 is 0 Å². The molecule has 0 saturated heterocycles. The predicted molar refractivity (Wildman–Crippen MR) is 117 cm³/mol. The van der Waals surface area contributed by atoms with E-state index in [9.17, 15) is 4.79 Å². The summed E-state index contributed by atoms with van der Waals surface area (Å²) in [4.78, 5) is 22.6. The SMILES string of the molecule is CC1Cc2ccccc2N1c1ccc(NC(=O)Cc2c[nH]c3ccccc23)cn1. The molecule has 2 aromatic carbocycles. The van der Waals surface area contributed by atoms with Crippen molar-refractivity contribution in [2.45, 2.75) is 25.8 Å². The van der Waals surface area contributed by atoms with E-state index in [4.69, 9.17) is 0 Å². The maximum Gasteiger partial charge on any atom is 0.228 e. The van der Waals surface area contributed by atoms with Crippen molar-refractivity contribution in [3.8, 4) is 0 Å². The zero-order valence-electron chi connectivity index (χ0n) is 16.2. The largest absolute Gasteiger partial charge is 0.361 e. The number of carbonyl (C=O) groups is 1. The van der Waals surface area contributed by atoms with E-state index >= 15 is 0 Å². The molecule has 29 heavy (non-hydrogen) atoms. The number of benzene rings is 2. The van der Waals surface area contributed by atoms with Gasteiger partial charge in [0.1, 0.15) is 5.82 Å². The zero-order chi connectivity index (χ0) is 19.8. The Morgan fingerprint density at radius 1 is 1.14 bits per heavy atom. The first-order valence-electron chi connectivity index (χ1n) is 9.87. The third kappa shape index (κ3) is 3.25. The number of fused-ring (bicyclic) bond motifs is 2. The molecule has 5 nitrogen and oxygen atoms in total. The lowest BCUT2D eigenvalue weighted by Crippen LogP contribution is -2.24. The molecule has 0 spiro atoms. The molecule has 1 aliphatic heterocycles. The molecule has 1 amide bonds. The Hall–Kier alpha value is -3.60. The number of nitrogens with one attached hydrogen (secondary N) is 2. The molecule has 4 aromatic rings. The molecule has 0 aliphatic carbocycles. The Kier molecular flexibility index (Phi) is 4.28. The van der Waals surface area contributed by atoms with Crippen molar-refractivity contribution in [3.63, 3.8) is 0 Å². The summed E-state index contributed by atoms with van der Waals surface area (Å²) in [6.45, 7) is 2.21. The Balaban J connectivity index is 1.30. The average Bonchev–Trinajstić information content (AvgIpc) is 3.29. The molecule has 0 fully saturated rings. The molecule has 1 atom stereocenters. The molecule has 0 radical (unpaired) electrons. The van der Waals surface area contributed by atoms with Crippen molar-refractivity contribution in [2.75, 3.05) is 10.2 Å². The van der Waals surface area contributed by atoms with Gasteiger partial charge in [-0.05, 0) is 48.7 Å². The third-order valence-electron chi connectivity index (χ3n) is 5.51. The van der Waals surface area contributed by atoms with Gasteiger partial charge in [0.15, 0.2) is 0 Å². The van der Waals surface area contributed by atoms with Gasteiger partial charge in [-0.3, -0.25) is 4.79 Å². The maximum absolute atomic E-state index is 12.5. The number of aromatic nitrogens is 2. The number of aromatic amines is 1. The molecule has 2 aromatic heterocycles. The Bertz CT molecular complexity index is 1180. The first-order chi connectivity index (χ1) is 14.2. The summed E-state index contributed by atoms with van der Waals surface area (Å²) in [5.74, 6) is 0.848. The van der Waals surface area contributed by atoms with E-state index in [-0.39, 0.29) is 5.91 Å². The number of para-hydroxylation sites is 2. The van der Waals surface area contributed by atoms with Crippen molar-refractivity contribution in [1.82, 2.24) is 9.97 Å². The third-order valence-corrected chi connectivity index (χ3v) is 5.51. The van der Waals surface area contributed by atoms with E-state index in [0.717, 1.165) is 28.7 Å². The fraction of sp³-hybridized carbons (Fsp3) is 0.167. The number of nitrogens with zero attached hydrogens (tertiary/aromatic N) is 2. The molecule has 1 unspecified atom stereocenters. The molecule has 0 bridgehead atoms. The maximum atomic E-state index is 12.5. The second kappa shape index (κ2) is 7.09. The van der Waals surface area contributed by atoms with E-state index in [1.165, 1.54) is 11.3 Å². The molecule has 1 aliphatic rings. The molecule has 5 rings (SSSR count). The molecule has 0 saturated carbocycles. The van der Waals surface area contributed by atoms with Gasteiger partial charge in [0.05, 0.1) is 18.3 Å². The molecule has 144 valence electrons. The summed E-state index contributed by atoms with van der Waals surface area (Å²) in [5, 5.41) is 4.04. The number of pyridine rings is 1. The molecular formula is C24H22N4O. The number of rotatable bonds is 4. The van der Waals surface area contributed by atoms with Crippen LogP contribution in [0.4, 0.5) is 17.2 Å². The highest BCUT2D eigenvalue weighted by Crippen LogP contribution is 2.37. The van der Waals surface area contributed by atoms with Crippen LogP contribution in [0.2, 0.25) is 0 Å². The summed E-state index contributed by atoms with van der Waals surface area (Å²) in [5.41, 5.74) is 5.30. The van der Waals surface area contributed by atoms with E-state index in [0.29, 0.717) is 18.2 Å². The van der Waals surface area contributed by atoms with Crippen molar-refractivity contribution < 1.29 is 4.79 Å².